The van der Waals surface area contributed by atoms with Gasteiger partial charge in [-0.25, -0.2) is 0 Å². The summed E-state index contributed by atoms with van der Waals surface area (Å²) in [6.07, 6.45) is 1.58. The lowest BCUT2D eigenvalue weighted by atomic mass is 10.1. The molecule has 0 spiro atoms. The van der Waals surface area contributed by atoms with Crippen molar-refractivity contribution in [3.05, 3.63) is 85.8 Å². The highest BCUT2D eigenvalue weighted by Gasteiger charge is 2.36. The quantitative estimate of drug-likeness (QED) is 0.212. The standard InChI is InChI=1S/C29H24IN3O6S/c1-3-38-22-10-8-21(9-11-22)32-26(34)16-33-28(35)25(40-29(33)36)14-18-12-23(30)27(24(13-18)37-2)39-17-20-7-5-4-6-19(20)15-31/h4-14H,3,16-17H2,1-2H3,(H,32,34)/b25-14+. The lowest BCUT2D eigenvalue weighted by Crippen LogP contribution is -2.36. The molecule has 0 unspecified atom stereocenters. The number of hydrogen-bond acceptors (Lipinski definition) is 8. The highest BCUT2D eigenvalue weighted by Crippen LogP contribution is 2.37. The molecule has 3 aromatic carbocycles. The zero-order chi connectivity index (χ0) is 28.6. The summed E-state index contributed by atoms with van der Waals surface area (Å²) in [6.45, 7) is 2.17. The van der Waals surface area contributed by atoms with Gasteiger partial charge in [0.15, 0.2) is 11.5 Å². The molecule has 4 rings (SSSR count). The van der Waals surface area contributed by atoms with Gasteiger partial charge in [0.2, 0.25) is 5.91 Å². The van der Waals surface area contributed by atoms with Crippen LogP contribution in [0.1, 0.15) is 23.6 Å². The molecule has 11 heteroatoms. The molecule has 40 heavy (non-hydrogen) atoms. The highest BCUT2D eigenvalue weighted by molar-refractivity contribution is 14.1. The molecular weight excluding hydrogens is 645 g/mol. The van der Waals surface area contributed by atoms with Gasteiger partial charge in [-0.1, -0.05) is 18.2 Å². The summed E-state index contributed by atoms with van der Waals surface area (Å²) in [5.41, 5.74) is 2.41. The average Bonchev–Trinajstić information content (AvgIpc) is 3.20. The van der Waals surface area contributed by atoms with Gasteiger partial charge < -0.3 is 19.5 Å². The lowest BCUT2D eigenvalue weighted by molar-refractivity contribution is -0.127. The number of nitriles is 1. The Morgan fingerprint density at radius 3 is 2.58 bits per heavy atom. The second-order valence-electron chi connectivity index (χ2n) is 8.37. The van der Waals surface area contributed by atoms with Crippen LogP contribution in [0.4, 0.5) is 10.5 Å². The van der Waals surface area contributed by atoms with Gasteiger partial charge in [0.1, 0.15) is 18.9 Å². The number of amides is 3. The molecule has 9 nitrogen and oxygen atoms in total. The normalized spacial score (nSPS) is 13.8. The van der Waals surface area contributed by atoms with Gasteiger partial charge in [-0.3, -0.25) is 19.3 Å². The number of nitrogens with zero attached hydrogens (tertiary/aromatic N) is 2. The van der Waals surface area contributed by atoms with Gasteiger partial charge >= 0.3 is 0 Å². The SMILES string of the molecule is CCOc1ccc(NC(=O)CN2C(=O)S/C(=C/c3cc(I)c(OCc4ccccc4C#N)c(OC)c3)C2=O)cc1. The topological polar surface area (TPSA) is 118 Å². The first-order valence-electron chi connectivity index (χ1n) is 12.1. The second kappa shape index (κ2) is 13.4. The van der Waals surface area contributed by atoms with Crippen LogP contribution in [0.3, 0.4) is 0 Å². The van der Waals surface area contributed by atoms with Crippen molar-refractivity contribution < 1.29 is 28.6 Å². The van der Waals surface area contributed by atoms with Crippen molar-refractivity contribution >= 4 is 63.2 Å². The van der Waals surface area contributed by atoms with E-state index in [0.29, 0.717) is 44.2 Å². The largest absolute Gasteiger partial charge is 0.494 e. The number of nitrogens with one attached hydrogen (secondary N) is 1. The van der Waals surface area contributed by atoms with Gasteiger partial charge in [-0.15, -0.1) is 0 Å². The fourth-order valence-corrected chi connectivity index (χ4v) is 5.42. The Labute approximate surface area is 249 Å². The minimum Gasteiger partial charge on any atom is -0.494 e. The van der Waals surface area contributed by atoms with Crippen LogP contribution >= 0.6 is 34.4 Å². The van der Waals surface area contributed by atoms with Crippen molar-refractivity contribution in [1.29, 1.82) is 5.26 Å². The van der Waals surface area contributed by atoms with Crippen molar-refractivity contribution in [2.75, 3.05) is 25.6 Å². The second-order valence-corrected chi connectivity index (χ2v) is 10.5. The molecule has 1 saturated heterocycles. The number of thioether (sulfide) groups is 1. The van der Waals surface area contributed by atoms with Gasteiger partial charge in [-0.2, -0.15) is 5.26 Å². The summed E-state index contributed by atoms with van der Waals surface area (Å²) in [7, 11) is 1.50. The van der Waals surface area contributed by atoms with E-state index in [4.69, 9.17) is 14.2 Å². The predicted octanol–water partition coefficient (Wildman–Crippen LogP) is 5.82. The van der Waals surface area contributed by atoms with E-state index < -0.39 is 23.6 Å². The zero-order valence-corrected chi connectivity index (χ0v) is 24.6. The molecule has 0 bridgehead atoms. The molecule has 1 fully saturated rings. The van der Waals surface area contributed by atoms with E-state index in [1.807, 2.05) is 19.1 Å². The number of rotatable bonds is 10. The summed E-state index contributed by atoms with van der Waals surface area (Å²) in [5, 5.41) is 11.5. The summed E-state index contributed by atoms with van der Waals surface area (Å²) >= 11 is 2.86. The smallest absolute Gasteiger partial charge is 0.294 e. The molecule has 0 atom stereocenters. The van der Waals surface area contributed by atoms with Crippen molar-refractivity contribution in [3.8, 4) is 23.3 Å². The molecule has 0 aliphatic carbocycles. The number of ether oxygens (including phenoxy) is 3. The number of hydrogen-bond donors (Lipinski definition) is 1. The van der Waals surface area contributed by atoms with E-state index in [0.717, 1.165) is 22.2 Å². The van der Waals surface area contributed by atoms with E-state index in [-0.39, 0.29) is 11.5 Å². The van der Waals surface area contributed by atoms with Crippen LogP contribution < -0.4 is 19.5 Å². The van der Waals surface area contributed by atoms with Crippen molar-refractivity contribution in [3.63, 3.8) is 0 Å². The molecule has 1 aliphatic rings. The molecule has 0 saturated carbocycles. The fraction of sp³-hybridized carbons (Fsp3) is 0.172. The minimum atomic E-state index is -0.556. The van der Waals surface area contributed by atoms with E-state index >= 15 is 0 Å². The van der Waals surface area contributed by atoms with E-state index in [2.05, 4.69) is 34.0 Å². The van der Waals surface area contributed by atoms with Crippen molar-refractivity contribution in [1.82, 2.24) is 4.90 Å². The molecule has 204 valence electrons. The third kappa shape index (κ3) is 6.94. The average molecular weight is 669 g/mol. The highest BCUT2D eigenvalue weighted by atomic mass is 127. The molecule has 1 aliphatic heterocycles. The molecule has 1 N–H and O–H groups in total. The van der Waals surface area contributed by atoms with Crippen LogP contribution in [0.5, 0.6) is 17.2 Å². The third-order valence-electron chi connectivity index (χ3n) is 5.68. The van der Waals surface area contributed by atoms with Crippen molar-refractivity contribution in [2.45, 2.75) is 13.5 Å². The molecule has 0 aromatic heterocycles. The Morgan fingerprint density at radius 1 is 1.12 bits per heavy atom. The number of methoxy groups -OCH3 is 1. The van der Waals surface area contributed by atoms with E-state index in [1.54, 1.807) is 54.6 Å². The van der Waals surface area contributed by atoms with E-state index in [1.165, 1.54) is 7.11 Å². The molecule has 0 radical (unpaired) electrons. The number of benzene rings is 3. The maximum Gasteiger partial charge on any atom is 0.294 e. The van der Waals surface area contributed by atoms with Crippen LogP contribution in [0.15, 0.2) is 65.6 Å². The summed E-state index contributed by atoms with van der Waals surface area (Å²) < 4.78 is 17.6. The van der Waals surface area contributed by atoms with Crippen LogP contribution in [0, 0.1) is 14.9 Å². The first kappa shape index (κ1) is 29.0. The van der Waals surface area contributed by atoms with Crippen LogP contribution in [-0.4, -0.2) is 42.2 Å². The van der Waals surface area contributed by atoms with Gasteiger partial charge in [0.05, 0.1) is 33.8 Å². The summed E-state index contributed by atoms with van der Waals surface area (Å²) in [6, 6.07) is 19.6. The first-order chi connectivity index (χ1) is 19.3. The summed E-state index contributed by atoms with van der Waals surface area (Å²) in [4.78, 5) is 39.2. The Bertz CT molecular complexity index is 1520. The third-order valence-corrected chi connectivity index (χ3v) is 7.39. The fourth-order valence-electron chi connectivity index (χ4n) is 3.80. The Kier molecular flexibility index (Phi) is 9.68. The maximum atomic E-state index is 13.0. The predicted molar refractivity (Wildman–Crippen MR) is 160 cm³/mol. The maximum absolute atomic E-state index is 13.0. The summed E-state index contributed by atoms with van der Waals surface area (Å²) in [5.74, 6) is 0.544. The number of carbonyl (C=O) groups excluding carboxylic acids is 3. The number of carbonyl (C=O) groups is 3. The minimum absolute atomic E-state index is 0.174. The van der Waals surface area contributed by atoms with Crippen LogP contribution in [0.25, 0.3) is 6.08 Å². The van der Waals surface area contributed by atoms with Crippen LogP contribution in [0.2, 0.25) is 0 Å². The monoisotopic (exact) mass is 669 g/mol. The first-order valence-corrected chi connectivity index (χ1v) is 14.0. The molecular formula is C29H24IN3O6S. The van der Waals surface area contributed by atoms with E-state index in [9.17, 15) is 19.6 Å². The van der Waals surface area contributed by atoms with Gasteiger partial charge in [0.25, 0.3) is 11.1 Å². The lowest BCUT2D eigenvalue weighted by Gasteiger charge is -2.14. The van der Waals surface area contributed by atoms with Crippen molar-refractivity contribution in [2.24, 2.45) is 0 Å². The van der Waals surface area contributed by atoms with Gasteiger partial charge in [0, 0.05) is 11.3 Å². The number of anilines is 1. The molecule has 3 amide bonds. The molecule has 3 aromatic rings. The Balaban J connectivity index is 1.45. The zero-order valence-electron chi connectivity index (χ0n) is 21.6. The number of halogens is 1. The molecule has 1 heterocycles. The number of imide groups is 1. The Hall–Kier alpha value is -4.02. The van der Waals surface area contributed by atoms with Gasteiger partial charge in [-0.05, 0) is 95.4 Å². The Morgan fingerprint density at radius 2 is 1.88 bits per heavy atom. The van der Waals surface area contributed by atoms with Crippen LogP contribution in [-0.2, 0) is 16.2 Å².